The lowest BCUT2D eigenvalue weighted by molar-refractivity contribution is -0.0418. The van der Waals surface area contributed by atoms with Gasteiger partial charge >= 0.3 is 0 Å². The molecule has 3 atom stereocenters. The quantitative estimate of drug-likeness (QED) is 0.765. The molecule has 0 amide bonds. The van der Waals surface area contributed by atoms with Crippen LogP contribution in [0.2, 0.25) is 0 Å². The summed E-state index contributed by atoms with van der Waals surface area (Å²) in [6.45, 7) is 13.9. The van der Waals surface area contributed by atoms with Gasteiger partial charge in [0.25, 0.3) is 0 Å². The number of likely N-dealkylation sites (N-methyl/N-ethyl adjacent to an activating group) is 2. The van der Waals surface area contributed by atoms with Crippen LogP contribution in [-0.4, -0.2) is 87.6 Å². The zero-order valence-corrected chi connectivity index (χ0v) is 15.5. The highest BCUT2D eigenvalue weighted by atomic mass is 16.5. The number of ether oxygens (including phenoxy) is 2. The Kier molecular flexibility index (Phi) is 11.2. The lowest BCUT2D eigenvalue weighted by atomic mass is 10.0. The molecule has 2 heterocycles. The molecule has 22 heavy (non-hydrogen) atoms. The van der Waals surface area contributed by atoms with Gasteiger partial charge in [-0.2, -0.15) is 0 Å². The fourth-order valence-electron chi connectivity index (χ4n) is 2.29. The molecule has 2 saturated heterocycles. The molecule has 0 radical (unpaired) electrons. The van der Waals surface area contributed by atoms with Crippen LogP contribution in [-0.2, 0) is 9.47 Å². The van der Waals surface area contributed by atoms with Gasteiger partial charge in [-0.05, 0) is 27.9 Å². The zero-order chi connectivity index (χ0) is 17.2. The number of nitrogens with zero attached hydrogens (tertiary/aromatic N) is 2. The average Bonchev–Trinajstić information content (AvgIpc) is 2.55. The Morgan fingerprint density at radius 3 is 2.18 bits per heavy atom. The van der Waals surface area contributed by atoms with Gasteiger partial charge in [0.1, 0.15) is 0 Å². The third-order valence-electron chi connectivity index (χ3n) is 4.56. The van der Waals surface area contributed by atoms with E-state index in [-0.39, 0.29) is 5.54 Å². The predicted octanol–water partition coefficient (Wildman–Crippen LogP) is 0.356. The van der Waals surface area contributed by atoms with E-state index in [4.69, 9.17) is 20.9 Å². The van der Waals surface area contributed by atoms with Crippen LogP contribution in [0.1, 0.15) is 27.7 Å². The lowest BCUT2D eigenvalue weighted by Crippen LogP contribution is -2.57. The highest BCUT2D eigenvalue weighted by molar-refractivity contribution is 4.87. The maximum Gasteiger partial charge on any atom is 0.0660 e. The molecule has 2 rings (SSSR count). The van der Waals surface area contributed by atoms with Crippen LogP contribution in [0.15, 0.2) is 0 Å². The summed E-state index contributed by atoms with van der Waals surface area (Å²) in [5.41, 5.74) is 11.2. The maximum absolute atomic E-state index is 5.61. The molecule has 0 spiro atoms. The first-order chi connectivity index (χ1) is 10.4. The molecule has 6 nitrogen and oxygen atoms in total. The lowest BCUT2D eigenvalue weighted by Gasteiger charge is -2.41. The van der Waals surface area contributed by atoms with Crippen molar-refractivity contribution in [3.63, 3.8) is 0 Å². The number of nitrogens with two attached hydrogens (primary N) is 2. The van der Waals surface area contributed by atoms with E-state index in [1.165, 1.54) is 0 Å². The molecule has 0 aromatic heterocycles. The minimum atomic E-state index is 0.0677. The van der Waals surface area contributed by atoms with Crippen molar-refractivity contribution < 1.29 is 9.47 Å². The second kappa shape index (κ2) is 11.3. The Morgan fingerprint density at radius 2 is 1.77 bits per heavy atom. The van der Waals surface area contributed by atoms with Crippen LogP contribution in [0.4, 0.5) is 0 Å². The monoisotopic (exact) mass is 318 g/mol. The topological polar surface area (TPSA) is 77.0 Å². The molecule has 0 aliphatic carbocycles. The fourth-order valence-corrected chi connectivity index (χ4v) is 2.29. The average molecular weight is 319 g/mol. The summed E-state index contributed by atoms with van der Waals surface area (Å²) >= 11 is 0. The van der Waals surface area contributed by atoms with Gasteiger partial charge in [-0.1, -0.05) is 13.8 Å². The van der Waals surface area contributed by atoms with Gasteiger partial charge in [0.15, 0.2) is 0 Å². The first kappa shape index (κ1) is 21.8. The predicted molar refractivity (Wildman–Crippen MR) is 93.1 cm³/mol. The largest absolute Gasteiger partial charge is 0.378 e. The van der Waals surface area contributed by atoms with E-state index in [1.807, 2.05) is 13.8 Å². The molecule has 134 valence electrons. The van der Waals surface area contributed by atoms with Crippen LogP contribution >= 0.6 is 0 Å². The first-order valence-corrected chi connectivity index (χ1v) is 8.43. The zero-order valence-electron chi connectivity index (χ0n) is 15.5. The third kappa shape index (κ3) is 6.48. The summed E-state index contributed by atoms with van der Waals surface area (Å²) in [4.78, 5) is 4.54. The molecular weight excluding hydrogens is 280 g/mol. The van der Waals surface area contributed by atoms with Gasteiger partial charge in [0.2, 0.25) is 0 Å². The Balaban J connectivity index is 0.000000360. The van der Waals surface area contributed by atoms with Gasteiger partial charge in [-0.25, -0.2) is 0 Å². The van der Waals surface area contributed by atoms with E-state index in [1.54, 1.807) is 0 Å². The van der Waals surface area contributed by atoms with Gasteiger partial charge < -0.3 is 20.9 Å². The normalized spacial score (nSPS) is 33.3. The summed E-state index contributed by atoms with van der Waals surface area (Å²) in [6.07, 6.45) is 0. The number of rotatable bonds is 2. The Labute approximate surface area is 137 Å². The van der Waals surface area contributed by atoms with Crippen molar-refractivity contribution in [2.24, 2.45) is 11.5 Å². The number of hydrogen-bond donors (Lipinski definition) is 2. The smallest absolute Gasteiger partial charge is 0.0660 e. The second-order valence-electron chi connectivity index (χ2n) is 6.12. The van der Waals surface area contributed by atoms with Crippen molar-refractivity contribution in [2.45, 2.75) is 45.3 Å². The molecule has 0 bridgehead atoms. The van der Waals surface area contributed by atoms with E-state index < -0.39 is 0 Å². The minimum Gasteiger partial charge on any atom is -0.378 e. The first-order valence-electron chi connectivity index (χ1n) is 8.43. The minimum absolute atomic E-state index is 0.0677. The molecule has 3 unspecified atom stereocenters. The molecule has 2 aliphatic heterocycles. The van der Waals surface area contributed by atoms with Gasteiger partial charge in [0, 0.05) is 31.7 Å². The van der Waals surface area contributed by atoms with Crippen molar-refractivity contribution in [3.8, 4) is 0 Å². The summed E-state index contributed by atoms with van der Waals surface area (Å²) < 4.78 is 10.7. The highest BCUT2D eigenvalue weighted by Crippen LogP contribution is 2.15. The van der Waals surface area contributed by atoms with Crippen molar-refractivity contribution in [1.82, 2.24) is 9.80 Å². The fraction of sp³-hybridized carbons (Fsp3) is 1.00. The van der Waals surface area contributed by atoms with Gasteiger partial charge in [-0.15, -0.1) is 0 Å². The van der Waals surface area contributed by atoms with Crippen LogP contribution < -0.4 is 11.5 Å². The summed E-state index contributed by atoms with van der Waals surface area (Å²) in [7, 11) is 4.19. The van der Waals surface area contributed by atoms with E-state index in [0.29, 0.717) is 25.2 Å². The van der Waals surface area contributed by atoms with Crippen LogP contribution in [0.5, 0.6) is 0 Å². The van der Waals surface area contributed by atoms with E-state index in [0.717, 1.165) is 33.0 Å². The maximum atomic E-state index is 5.61. The van der Waals surface area contributed by atoms with Gasteiger partial charge in [-0.3, -0.25) is 9.80 Å². The molecule has 0 saturated carbocycles. The molecule has 0 aromatic rings. The number of morpholine rings is 2. The van der Waals surface area contributed by atoms with Crippen molar-refractivity contribution in [3.05, 3.63) is 0 Å². The Hall–Kier alpha value is -0.240. The standard InChI is InChI=1S/2C7H16N2O.C2H6/c1-6-4-10-5-7(3-8)9(6)2;1-7(5-8)6-10-4-3-9(7)2;1-2/h6-7H,3-5,8H2,1-2H3;3-6,8H2,1-2H3;1-2H3. The van der Waals surface area contributed by atoms with Crippen LogP contribution in [0.3, 0.4) is 0 Å². The number of hydrogen-bond acceptors (Lipinski definition) is 6. The van der Waals surface area contributed by atoms with Crippen LogP contribution in [0.25, 0.3) is 0 Å². The van der Waals surface area contributed by atoms with E-state index in [9.17, 15) is 0 Å². The summed E-state index contributed by atoms with van der Waals surface area (Å²) in [5, 5.41) is 0. The Morgan fingerprint density at radius 1 is 1.14 bits per heavy atom. The van der Waals surface area contributed by atoms with E-state index in [2.05, 4.69) is 37.7 Å². The highest BCUT2D eigenvalue weighted by Gasteiger charge is 2.30. The second-order valence-corrected chi connectivity index (χ2v) is 6.12. The third-order valence-corrected chi connectivity index (χ3v) is 4.56. The molecule has 6 heteroatoms. The Bertz CT molecular complexity index is 281. The van der Waals surface area contributed by atoms with Crippen molar-refractivity contribution >= 4 is 0 Å². The summed E-state index contributed by atoms with van der Waals surface area (Å²) in [6, 6.07) is 0.936. The summed E-state index contributed by atoms with van der Waals surface area (Å²) in [5.74, 6) is 0. The van der Waals surface area contributed by atoms with Crippen molar-refractivity contribution in [2.75, 3.05) is 60.2 Å². The van der Waals surface area contributed by atoms with E-state index >= 15 is 0 Å². The molecule has 2 aliphatic rings. The van der Waals surface area contributed by atoms with Crippen LogP contribution in [0, 0.1) is 0 Å². The molecule has 0 aromatic carbocycles. The van der Waals surface area contributed by atoms with Crippen molar-refractivity contribution in [1.29, 1.82) is 0 Å². The SMILES string of the molecule is CC.CC1COCC(CN)N1C.CN1CCOCC1(C)CN. The van der Waals surface area contributed by atoms with Gasteiger partial charge in [0.05, 0.1) is 32.0 Å². The molecule has 2 fully saturated rings. The molecular formula is C16H38N4O2. The molecule has 4 N–H and O–H groups in total.